The van der Waals surface area contributed by atoms with Crippen molar-refractivity contribution in [2.24, 2.45) is 0 Å². The Hall–Kier alpha value is -1.39. The summed E-state index contributed by atoms with van der Waals surface area (Å²) < 4.78 is 6.08. The number of hydrogen-bond acceptors (Lipinski definition) is 3. The van der Waals surface area contributed by atoms with Crippen LogP contribution < -0.4 is 4.74 Å². The maximum Gasteiger partial charge on any atom is 0.133 e. The van der Waals surface area contributed by atoms with Gasteiger partial charge in [-0.2, -0.15) is 0 Å². The number of aryl methyl sites for hydroxylation is 1. The minimum Gasteiger partial charge on any atom is -0.496 e. The molecule has 0 bridgehead atoms. The molecule has 19 heavy (non-hydrogen) atoms. The first kappa shape index (κ1) is 14.0. The molecule has 0 aliphatic carbocycles. The molecule has 1 atom stereocenters. The van der Waals surface area contributed by atoms with E-state index in [2.05, 4.69) is 20.9 Å². The fourth-order valence-corrected chi connectivity index (χ4v) is 2.61. The number of nitrogens with zero attached hydrogens (tertiary/aromatic N) is 1. The lowest BCUT2D eigenvalue weighted by Crippen LogP contribution is -2.05. The van der Waals surface area contributed by atoms with Crippen molar-refractivity contribution in [1.29, 1.82) is 0 Å². The number of hydrogen-bond donors (Lipinski definition) is 1. The van der Waals surface area contributed by atoms with Crippen LogP contribution in [-0.2, 0) is 6.42 Å². The molecule has 4 heteroatoms. The summed E-state index contributed by atoms with van der Waals surface area (Å²) in [6, 6.07) is 9.57. The van der Waals surface area contributed by atoms with Gasteiger partial charge in [-0.05, 0) is 46.6 Å². The van der Waals surface area contributed by atoms with Gasteiger partial charge in [-0.1, -0.05) is 12.1 Å². The molecule has 3 nitrogen and oxygen atoms in total. The second-order valence-electron chi connectivity index (χ2n) is 4.37. The molecule has 0 amide bonds. The fraction of sp³-hybridized carbons (Fsp3) is 0.267. The molecular weight excluding hydrogens is 306 g/mol. The van der Waals surface area contributed by atoms with Crippen LogP contribution in [0.15, 0.2) is 41.0 Å². The lowest BCUT2D eigenvalue weighted by atomic mass is 10.0. The number of aliphatic hydroxyl groups is 1. The molecule has 0 radical (unpaired) electrons. The molecule has 1 unspecified atom stereocenters. The molecule has 0 saturated heterocycles. The first-order valence-electron chi connectivity index (χ1n) is 6.04. The van der Waals surface area contributed by atoms with Crippen molar-refractivity contribution in [1.82, 2.24) is 4.98 Å². The molecular formula is C15H16BrNO2. The van der Waals surface area contributed by atoms with E-state index in [4.69, 9.17) is 4.74 Å². The van der Waals surface area contributed by atoms with E-state index in [-0.39, 0.29) is 0 Å². The number of ether oxygens (including phenoxy) is 1. The number of pyridine rings is 1. The second-order valence-corrected chi connectivity index (χ2v) is 5.22. The van der Waals surface area contributed by atoms with Crippen LogP contribution in [0.4, 0.5) is 0 Å². The van der Waals surface area contributed by atoms with Crippen LogP contribution in [0, 0.1) is 6.92 Å². The van der Waals surface area contributed by atoms with Crippen molar-refractivity contribution in [3.63, 3.8) is 0 Å². The van der Waals surface area contributed by atoms with Crippen molar-refractivity contribution in [3.05, 3.63) is 57.8 Å². The highest BCUT2D eigenvalue weighted by atomic mass is 79.9. The van der Waals surface area contributed by atoms with Crippen LogP contribution in [0.25, 0.3) is 0 Å². The maximum atomic E-state index is 10.3. The Morgan fingerprint density at radius 2 is 2.16 bits per heavy atom. The Kier molecular flexibility index (Phi) is 4.56. The van der Waals surface area contributed by atoms with Gasteiger partial charge < -0.3 is 9.84 Å². The topological polar surface area (TPSA) is 42.4 Å². The molecule has 0 saturated carbocycles. The average molecular weight is 322 g/mol. The Labute approximate surface area is 121 Å². The van der Waals surface area contributed by atoms with Gasteiger partial charge in [0.25, 0.3) is 0 Å². The standard InChI is InChI=1S/C15H16BrNO2/c1-10-12(4-3-7-17-10)14(18)9-11-5-6-15(19-2)13(16)8-11/h3-8,14,18H,9H2,1-2H3. The number of benzene rings is 1. The van der Waals surface area contributed by atoms with Crippen LogP contribution in [0.3, 0.4) is 0 Å². The monoisotopic (exact) mass is 321 g/mol. The second kappa shape index (κ2) is 6.17. The summed E-state index contributed by atoms with van der Waals surface area (Å²) in [6.45, 7) is 1.91. The molecule has 2 rings (SSSR count). The fourth-order valence-electron chi connectivity index (χ4n) is 2.02. The molecule has 1 aromatic carbocycles. The van der Waals surface area contributed by atoms with E-state index in [1.165, 1.54) is 0 Å². The van der Waals surface area contributed by atoms with Gasteiger partial charge in [-0.25, -0.2) is 0 Å². The van der Waals surface area contributed by atoms with Crippen molar-refractivity contribution in [3.8, 4) is 5.75 Å². The summed E-state index contributed by atoms with van der Waals surface area (Å²) in [4.78, 5) is 4.20. The summed E-state index contributed by atoms with van der Waals surface area (Å²) in [5.74, 6) is 0.788. The smallest absolute Gasteiger partial charge is 0.133 e. The van der Waals surface area contributed by atoms with Crippen molar-refractivity contribution in [2.75, 3.05) is 7.11 Å². The average Bonchev–Trinajstić information content (AvgIpc) is 2.39. The third kappa shape index (κ3) is 3.33. The molecule has 0 fully saturated rings. The van der Waals surface area contributed by atoms with Crippen LogP contribution >= 0.6 is 15.9 Å². The van der Waals surface area contributed by atoms with Crippen molar-refractivity contribution < 1.29 is 9.84 Å². The van der Waals surface area contributed by atoms with E-state index >= 15 is 0 Å². The van der Waals surface area contributed by atoms with Gasteiger partial charge in [0.05, 0.1) is 17.7 Å². The van der Waals surface area contributed by atoms with Crippen LogP contribution in [0.1, 0.15) is 22.9 Å². The molecule has 0 aliphatic rings. The number of aliphatic hydroxyl groups excluding tert-OH is 1. The van der Waals surface area contributed by atoms with Crippen molar-refractivity contribution in [2.45, 2.75) is 19.4 Å². The van der Waals surface area contributed by atoms with E-state index in [0.717, 1.165) is 27.0 Å². The van der Waals surface area contributed by atoms with Gasteiger partial charge in [0.1, 0.15) is 5.75 Å². The van der Waals surface area contributed by atoms with Gasteiger partial charge in [-0.15, -0.1) is 0 Å². The zero-order chi connectivity index (χ0) is 13.8. The molecule has 1 aromatic heterocycles. The van der Waals surface area contributed by atoms with E-state index < -0.39 is 6.10 Å². The van der Waals surface area contributed by atoms with E-state index in [0.29, 0.717) is 6.42 Å². The highest BCUT2D eigenvalue weighted by Gasteiger charge is 2.12. The summed E-state index contributed by atoms with van der Waals surface area (Å²) in [6.07, 6.45) is 1.74. The molecule has 100 valence electrons. The lowest BCUT2D eigenvalue weighted by Gasteiger charge is -2.14. The van der Waals surface area contributed by atoms with Crippen LogP contribution in [-0.4, -0.2) is 17.2 Å². The highest BCUT2D eigenvalue weighted by molar-refractivity contribution is 9.10. The largest absolute Gasteiger partial charge is 0.496 e. The highest BCUT2D eigenvalue weighted by Crippen LogP contribution is 2.28. The molecule has 1 N–H and O–H groups in total. The first-order valence-corrected chi connectivity index (χ1v) is 6.83. The SMILES string of the molecule is COc1ccc(CC(O)c2cccnc2C)cc1Br. The van der Waals surface area contributed by atoms with Crippen LogP contribution in [0.2, 0.25) is 0 Å². The van der Waals surface area contributed by atoms with Crippen LogP contribution in [0.5, 0.6) is 5.75 Å². The van der Waals surface area contributed by atoms with Gasteiger partial charge in [0.2, 0.25) is 0 Å². The normalized spacial score (nSPS) is 12.2. The summed E-state index contributed by atoms with van der Waals surface area (Å²) in [7, 11) is 1.63. The predicted octanol–water partition coefficient (Wildman–Crippen LogP) is 3.44. The number of halogens is 1. The van der Waals surface area contributed by atoms with E-state index in [9.17, 15) is 5.11 Å². The first-order chi connectivity index (χ1) is 9.11. The Morgan fingerprint density at radius 3 is 2.79 bits per heavy atom. The van der Waals surface area contributed by atoms with Gasteiger partial charge in [0.15, 0.2) is 0 Å². The third-order valence-electron chi connectivity index (χ3n) is 3.05. The minimum absolute atomic E-state index is 0.547. The van der Waals surface area contributed by atoms with Gasteiger partial charge >= 0.3 is 0 Å². The Morgan fingerprint density at radius 1 is 1.37 bits per heavy atom. The van der Waals surface area contributed by atoms with Gasteiger partial charge in [0, 0.05) is 23.9 Å². The Bertz CT molecular complexity index is 572. The molecule has 0 aliphatic heterocycles. The number of methoxy groups -OCH3 is 1. The summed E-state index contributed by atoms with van der Waals surface area (Å²) >= 11 is 3.45. The number of aromatic nitrogens is 1. The molecule has 0 spiro atoms. The quantitative estimate of drug-likeness (QED) is 0.938. The summed E-state index contributed by atoms with van der Waals surface area (Å²) in [5, 5.41) is 10.3. The molecule has 2 aromatic rings. The van der Waals surface area contributed by atoms with Gasteiger partial charge in [-0.3, -0.25) is 4.98 Å². The molecule has 1 heterocycles. The maximum absolute atomic E-state index is 10.3. The zero-order valence-electron chi connectivity index (χ0n) is 10.9. The Balaban J connectivity index is 2.17. The lowest BCUT2D eigenvalue weighted by molar-refractivity contribution is 0.177. The summed E-state index contributed by atoms with van der Waals surface area (Å²) in [5.41, 5.74) is 2.78. The third-order valence-corrected chi connectivity index (χ3v) is 3.67. The van der Waals surface area contributed by atoms with E-state index in [1.54, 1.807) is 13.3 Å². The minimum atomic E-state index is -0.547. The zero-order valence-corrected chi connectivity index (χ0v) is 12.5. The number of rotatable bonds is 4. The van der Waals surface area contributed by atoms with E-state index in [1.807, 2.05) is 37.3 Å². The predicted molar refractivity (Wildman–Crippen MR) is 78.3 cm³/mol. The van der Waals surface area contributed by atoms with Crippen molar-refractivity contribution >= 4 is 15.9 Å².